The van der Waals surface area contributed by atoms with Crippen LogP contribution in [0.1, 0.15) is 41.1 Å². The largest absolute Gasteiger partial charge is 0.457 e. The van der Waals surface area contributed by atoms with Gasteiger partial charge in [0.2, 0.25) is 5.16 Å². The normalized spacial score (nSPS) is 17.7. The predicted molar refractivity (Wildman–Crippen MR) is 173 cm³/mol. The lowest BCUT2D eigenvalue weighted by Crippen LogP contribution is -2.31. The number of para-hydroxylation sites is 1. The van der Waals surface area contributed by atoms with Gasteiger partial charge in [-0.25, -0.2) is 9.48 Å². The third-order valence-corrected chi connectivity index (χ3v) is 8.53. The number of hydrogen-bond donors (Lipinski definition) is 3. The zero-order valence-corrected chi connectivity index (χ0v) is 26.0. The van der Waals surface area contributed by atoms with E-state index in [2.05, 4.69) is 26.2 Å². The van der Waals surface area contributed by atoms with Crippen molar-refractivity contribution in [2.45, 2.75) is 43.2 Å². The van der Waals surface area contributed by atoms with Crippen molar-refractivity contribution in [2.24, 2.45) is 7.05 Å². The molecule has 0 bridgehead atoms. The molecule has 1 saturated heterocycles. The molecule has 12 heteroatoms. The Hall–Kier alpha value is -4.75. The molecule has 1 aromatic heterocycles. The van der Waals surface area contributed by atoms with E-state index in [4.69, 9.17) is 14.2 Å². The molecule has 1 aliphatic rings. The maximum absolute atomic E-state index is 12.6. The van der Waals surface area contributed by atoms with Crippen molar-refractivity contribution in [1.29, 1.82) is 0 Å². The third kappa shape index (κ3) is 8.29. The van der Waals surface area contributed by atoms with Crippen LogP contribution in [0.25, 0.3) is 0 Å². The molecule has 0 spiro atoms. The van der Waals surface area contributed by atoms with E-state index in [1.54, 1.807) is 23.9 Å². The number of nitrogens with one attached hydrogen (secondary N) is 2. The highest BCUT2D eigenvalue weighted by molar-refractivity contribution is 7.99. The molecule has 1 aliphatic heterocycles. The van der Waals surface area contributed by atoms with Crippen LogP contribution in [0.3, 0.4) is 0 Å². The average Bonchev–Trinajstić information content (AvgIpc) is 3.52. The molecule has 3 atom stereocenters. The number of benzene rings is 4. The Morgan fingerprint density at radius 1 is 0.913 bits per heavy atom. The van der Waals surface area contributed by atoms with Crippen molar-refractivity contribution >= 4 is 23.5 Å². The second-order valence-electron chi connectivity index (χ2n) is 10.7. The number of aliphatic hydroxyl groups is 1. The number of ether oxygens (including phenoxy) is 3. The van der Waals surface area contributed by atoms with Gasteiger partial charge in [-0.1, -0.05) is 78.5 Å². The number of aliphatic hydroxyl groups excluding tert-OH is 1. The molecule has 5 aromatic rings. The van der Waals surface area contributed by atoms with Crippen molar-refractivity contribution in [3.63, 3.8) is 0 Å². The van der Waals surface area contributed by atoms with Crippen molar-refractivity contribution in [3.05, 3.63) is 125 Å². The lowest BCUT2D eigenvalue weighted by atomic mass is 10.0. The van der Waals surface area contributed by atoms with Gasteiger partial charge in [0.25, 0.3) is 0 Å². The van der Waals surface area contributed by atoms with E-state index in [0.717, 1.165) is 28.0 Å². The number of aryl methyl sites for hydroxylation is 1. The highest BCUT2D eigenvalue weighted by Gasteiger charge is 2.32. The van der Waals surface area contributed by atoms with Crippen LogP contribution in [0.4, 0.5) is 10.5 Å². The van der Waals surface area contributed by atoms with Crippen LogP contribution in [-0.4, -0.2) is 43.2 Å². The van der Waals surface area contributed by atoms with Gasteiger partial charge in [0.05, 0.1) is 18.8 Å². The zero-order valence-electron chi connectivity index (χ0n) is 25.2. The van der Waals surface area contributed by atoms with Gasteiger partial charge >= 0.3 is 6.03 Å². The summed E-state index contributed by atoms with van der Waals surface area (Å²) >= 11 is 1.53. The molecule has 236 valence electrons. The third-order valence-electron chi connectivity index (χ3n) is 7.39. The second-order valence-corrected chi connectivity index (χ2v) is 11.7. The van der Waals surface area contributed by atoms with Crippen molar-refractivity contribution in [2.75, 3.05) is 11.1 Å². The highest BCUT2D eigenvalue weighted by atomic mass is 32.2. The Labute approximate surface area is 270 Å². The Balaban J connectivity index is 1.05. The summed E-state index contributed by atoms with van der Waals surface area (Å²) in [7, 11) is 1.81. The summed E-state index contributed by atoms with van der Waals surface area (Å²) in [6.07, 6.45) is -0.239. The average molecular weight is 639 g/mol. The first kappa shape index (κ1) is 31.2. The second kappa shape index (κ2) is 15.0. The number of amides is 2. The molecule has 0 aliphatic carbocycles. The van der Waals surface area contributed by atoms with Crippen LogP contribution >= 0.6 is 11.8 Å². The number of nitrogens with zero attached hydrogens (tertiary/aromatic N) is 4. The van der Waals surface area contributed by atoms with E-state index in [-0.39, 0.29) is 24.8 Å². The van der Waals surface area contributed by atoms with E-state index in [0.29, 0.717) is 35.3 Å². The fraction of sp³-hybridized carbons (Fsp3) is 0.235. The first-order valence-corrected chi connectivity index (χ1v) is 15.8. The molecule has 4 aromatic carbocycles. The number of thioether (sulfide) groups is 1. The van der Waals surface area contributed by atoms with Crippen LogP contribution < -0.4 is 15.4 Å². The molecule has 0 saturated carbocycles. The summed E-state index contributed by atoms with van der Waals surface area (Å²) in [6.45, 7) is 0.335. The van der Waals surface area contributed by atoms with Crippen molar-refractivity contribution in [1.82, 2.24) is 25.5 Å². The smallest absolute Gasteiger partial charge is 0.319 e. The van der Waals surface area contributed by atoms with Crippen LogP contribution in [0.15, 0.2) is 108 Å². The van der Waals surface area contributed by atoms with Gasteiger partial charge < -0.3 is 30.0 Å². The number of tetrazole rings is 1. The fourth-order valence-corrected chi connectivity index (χ4v) is 5.78. The van der Waals surface area contributed by atoms with Crippen LogP contribution in [-0.2, 0) is 29.7 Å². The van der Waals surface area contributed by atoms with Crippen LogP contribution in [0.2, 0.25) is 0 Å². The zero-order chi connectivity index (χ0) is 31.7. The standard InChI is InChI=1S/C34H34N6O5S/c1-40-34(37-38-39-40)46-22-30-19-31(25-11-9-24(21-41)10-12-25)45-32(44-30)26-13-7-23(8-14-26)20-35-33(42)36-27-15-17-29(18-16-27)43-28-5-3-2-4-6-28/h2-18,30-32,41H,19-22H2,1H3,(H2,35,36,42)/t30-,31+,32+/m0/s1. The summed E-state index contributed by atoms with van der Waals surface area (Å²) in [5, 5.41) is 27.6. The summed E-state index contributed by atoms with van der Waals surface area (Å²) in [4.78, 5) is 12.6. The highest BCUT2D eigenvalue weighted by Crippen LogP contribution is 2.39. The number of carbonyl (C=O) groups is 1. The van der Waals surface area contributed by atoms with Crippen molar-refractivity contribution in [3.8, 4) is 11.5 Å². The maximum atomic E-state index is 12.6. The Morgan fingerprint density at radius 2 is 1.61 bits per heavy atom. The number of urea groups is 1. The van der Waals surface area contributed by atoms with E-state index < -0.39 is 6.29 Å². The lowest BCUT2D eigenvalue weighted by molar-refractivity contribution is -0.245. The Bertz CT molecular complexity index is 1700. The molecule has 6 rings (SSSR count). The van der Waals surface area contributed by atoms with Gasteiger partial charge in [-0.15, -0.1) is 5.10 Å². The monoisotopic (exact) mass is 638 g/mol. The molecule has 2 heterocycles. The van der Waals surface area contributed by atoms with Gasteiger partial charge in [0, 0.05) is 37.0 Å². The maximum Gasteiger partial charge on any atom is 0.319 e. The number of aromatic nitrogens is 4. The summed E-state index contributed by atoms with van der Waals surface area (Å²) in [6, 6.07) is 32.0. The Kier molecular flexibility index (Phi) is 10.2. The minimum atomic E-state index is -0.585. The van der Waals surface area contributed by atoms with Gasteiger partial charge in [-0.05, 0) is 63.5 Å². The van der Waals surface area contributed by atoms with Crippen LogP contribution in [0, 0.1) is 0 Å². The summed E-state index contributed by atoms with van der Waals surface area (Å²) < 4.78 is 20.3. The molecule has 0 radical (unpaired) electrons. The van der Waals surface area contributed by atoms with Crippen LogP contribution in [0.5, 0.6) is 11.5 Å². The van der Waals surface area contributed by atoms with Gasteiger partial charge in [0.15, 0.2) is 6.29 Å². The molecule has 3 N–H and O–H groups in total. The number of anilines is 1. The first-order valence-electron chi connectivity index (χ1n) is 14.8. The van der Waals surface area contributed by atoms with Gasteiger partial charge in [-0.3, -0.25) is 0 Å². The summed E-state index contributed by atoms with van der Waals surface area (Å²) in [5.74, 6) is 2.08. The topological polar surface area (TPSA) is 133 Å². The van der Waals surface area contributed by atoms with Crippen molar-refractivity contribution < 1.29 is 24.1 Å². The minimum absolute atomic E-state index is 0.0108. The molecule has 11 nitrogen and oxygen atoms in total. The fourth-order valence-electron chi connectivity index (χ4n) is 4.91. The molecule has 46 heavy (non-hydrogen) atoms. The molecule has 1 fully saturated rings. The number of hydrogen-bond acceptors (Lipinski definition) is 9. The van der Waals surface area contributed by atoms with E-state index in [9.17, 15) is 9.90 Å². The van der Waals surface area contributed by atoms with E-state index in [1.807, 2.05) is 91.0 Å². The summed E-state index contributed by atoms with van der Waals surface area (Å²) in [5.41, 5.74) is 4.32. The predicted octanol–water partition coefficient (Wildman–Crippen LogP) is 6.15. The molecule has 2 amide bonds. The quantitative estimate of drug-likeness (QED) is 0.146. The minimum Gasteiger partial charge on any atom is -0.457 e. The van der Waals surface area contributed by atoms with Gasteiger partial charge in [0.1, 0.15) is 11.5 Å². The van der Waals surface area contributed by atoms with Gasteiger partial charge in [-0.2, -0.15) is 0 Å². The number of carbonyl (C=O) groups excluding carboxylic acids is 1. The molecular formula is C34H34N6O5S. The SMILES string of the molecule is Cn1nnnc1SC[C@@H]1C[C@H](c2ccc(CO)cc2)O[C@H](c2ccc(CNC(=O)Nc3ccc(Oc4ccccc4)cc3)cc2)O1. The first-order chi connectivity index (χ1) is 22.5. The van der Waals surface area contributed by atoms with E-state index >= 15 is 0 Å². The molecule has 0 unspecified atom stereocenters. The van der Waals surface area contributed by atoms with E-state index in [1.165, 1.54) is 11.8 Å². The number of rotatable bonds is 11. The Morgan fingerprint density at radius 3 is 2.30 bits per heavy atom. The lowest BCUT2D eigenvalue weighted by Gasteiger charge is -2.36. The molecular weight excluding hydrogens is 604 g/mol.